The molecule has 4 nitrogen and oxygen atoms in total. The molecular weight excluding hydrogens is 452 g/mol. The molecule has 0 saturated carbocycles. The lowest BCUT2D eigenvalue weighted by Gasteiger charge is -2.36. The number of aliphatic imine (C=N–C) groups is 1. The zero-order chi connectivity index (χ0) is 17.5. The van der Waals surface area contributed by atoms with E-state index in [9.17, 15) is 9.50 Å². The molecule has 2 unspecified atom stereocenters. The van der Waals surface area contributed by atoms with Gasteiger partial charge >= 0.3 is 0 Å². The van der Waals surface area contributed by atoms with Crippen molar-refractivity contribution < 1.29 is 9.50 Å². The van der Waals surface area contributed by atoms with Crippen molar-refractivity contribution in [2.24, 2.45) is 10.9 Å². The van der Waals surface area contributed by atoms with Gasteiger partial charge in [0.15, 0.2) is 5.96 Å². The molecule has 2 N–H and O–H groups in total. The van der Waals surface area contributed by atoms with Crippen molar-refractivity contribution in [3.8, 4) is 0 Å². The quantitative estimate of drug-likeness (QED) is 0.384. The highest BCUT2D eigenvalue weighted by Gasteiger charge is 2.25. The zero-order valence-electron chi connectivity index (χ0n) is 15.1. The number of aliphatic hydroxyl groups excluding tert-OH is 1. The van der Waals surface area contributed by atoms with E-state index in [1.165, 1.54) is 6.07 Å². The first kappa shape index (κ1) is 22.5. The second kappa shape index (κ2) is 11.2. The van der Waals surface area contributed by atoms with E-state index in [0.717, 1.165) is 31.3 Å². The molecule has 0 spiro atoms. The fraction of sp³-hybridized carbons (Fsp3) is 0.611. The van der Waals surface area contributed by atoms with Crippen LogP contribution in [0.1, 0.15) is 32.4 Å². The number of nitrogens with one attached hydrogen (secondary N) is 1. The van der Waals surface area contributed by atoms with Crippen molar-refractivity contribution in [3.05, 3.63) is 35.6 Å². The number of nitrogens with zero attached hydrogens (tertiary/aromatic N) is 2. The van der Waals surface area contributed by atoms with Crippen LogP contribution in [0.25, 0.3) is 0 Å². The molecule has 1 aromatic rings. The molecule has 0 radical (unpaired) electrons. The lowest BCUT2D eigenvalue weighted by molar-refractivity contribution is 0.181. The van der Waals surface area contributed by atoms with Crippen LogP contribution in [0.3, 0.4) is 0 Å². The van der Waals surface area contributed by atoms with Crippen LogP contribution in [0, 0.1) is 11.7 Å². The molecule has 7 heteroatoms. The first-order valence-corrected chi connectivity index (χ1v) is 9.65. The van der Waals surface area contributed by atoms with Crippen molar-refractivity contribution in [1.29, 1.82) is 0 Å². The molecule has 1 fully saturated rings. The summed E-state index contributed by atoms with van der Waals surface area (Å²) in [6.07, 6.45) is -0.931. The lowest BCUT2D eigenvalue weighted by atomic mass is 10.1. The first-order valence-electron chi connectivity index (χ1n) is 8.60. The van der Waals surface area contributed by atoms with Gasteiger partial charge in [-0.25, -0.2) is 4.39 Å². The molecule has 1 saturated heterocycles. The Morgan fingerprint density at radius 1 is 1.44 bits per heavy atom. The van der Waals surface area contributed by atoms with E-state index < -0.39 is 6.10 Å². The molecule has 1 aliphatic rings. The average Bonchev–Trinajstić information content (AvgIpc) is 2.58. The van der Waals surface area contributed by atoms with Gasteiger partial charge in [-0.2, -0.15) is 11.8 Å². The summed E-state index contributed by atoms with van der Waals surface area (Å²) in [4.78, 5) is 6.80. The summed E-state index contributed by atoms with van der Waals surface area (Å²) >= 11 is 2.01. The Balaban J connectivity index is 0.00000312. The van der Waals surface area contributed by atoms with Gasteiger partial charge < -0.3 is 15.3 Å². The van der Waals surface area contributed by atoms with E-state index in [0.29, 0.717) is 16.7 Å². The summed E-state index contributed by atoms with van der Waals surface area (Å²) in [5.74, 6) is 2.10. The number of halogens is 2. The monoisotopic (exact) mass is 481 g/mol. The normalized spacial score (nSPS) is 19.5. The maximum Gasteiger partial charge on any atom is 0.194 e. The topological polar surface area (TPSA) is 47.9 Å². The van der Waals surface area contributed by atoms with Crippen molar-refractivity contribution in [2.75, 3.05) is 31.9 Å². The van der Waals surface area contributed by atoms with Crippen LogP contribution in [0.4, 0.5) is 4.39 Å². The van der Waals surface area contributed by atoms with Gasteiger partial charge in [-0.1, -0.05) is 32.0 Å². The standard InChI is InChI=1S/C18H28FN3OS.HI/c1-4-20-18(22-9-10-24-17(12-22)13(2)3)21-11-16(23)14-7-5-6-8-15(14)19;/h5-8,13,16-17,23H,4,9-12H2,1-3H3,(H,20,21);1H. The summed E-state index contributed by atoms with van der Waals surface area (Å²) in [6, 6.07) is 6.32. The Hall–Kier alpha value is -0.540. The molecule has 0 aromatic heterocycles. The molecule has 0 aliphatic carbocycles. The number of aliphatic hydroxyl groups is 1. The smallest absolute Gasteiger partial charge is 0.194 e. The number of benzene rings is 1. The van der Waals surface area contributed by atoms with E-state index in [-0.39, 0.29) is 36.3 Å². The minimum atomic E-state index is -0.931. The number of guanidine groups is 1. The molecule has 1 aliphatic heterocycles. The maximum absolute atomic E-state index is 13.8. The zero-order valence-corrected chi connectivity index (χ0v) is 18.3. The second-order valence-corrected chi connectivity index (χ2v) is 7.68. The van der Waals surface area contributed by atoms with Gasteiger partial charge in [-0.15, -0.1) is 24.0 Å². The number of hydrogen-bond acceptors (Lipinski definition) is 3. The third kappa shape index (κ3) is 6.60. The predicted molar refractivity (Wildman–Crippen MR) is 115 cm³/mol. The van der Waals surface area contributed by atoms with Crippen LogP contribution in [-0.2, 0) is 0 Å². The van der Waals surface area contributed by atoms with Gasteiger partial charge in [-0.3, -0.25) is 4.99 Å². The summed E-state index contributed by atoms with van der Waals surface area (Å²) in [6.45, 7) is 9.32. The molecule has 142 valence electrons. The molecule has 0 amide bonds. The number of thioether (sulfide) groups is 1. The summed E-state index contributed by atoms with van der Waals surface area (Å²) in [5.41, 5.74) is 0.298. The highest BCUT2D eigenvalue weighted by atomic mass is 127. The Labute approximate surface area is 171 Å². The van der Waals surface area contributed by atoms with E-state index in [2.05, 4.69) is 29.1 Å². The Kier molecular flexibility index (Phi) is 10.1. The van der Waals surface area contributed by atoms with Gasteiger partial charge in [0.1, 0.15) is 11.9 Å². The van der Waals surface area contributed by atoms with Crippen molar-refractivity contribution >= 4 is 41.7 Å². The van der Waals surface area contributed by atoms with Gasteiger partial charge in [0.05, 0.1) is 6.54 Å². The Morgan fingerprint density at radius 2 is 2.16 bits per heavy atom. The van der Waals surface area contributed by atoms with E-state index in [1.807, 2.05) is 18.7 Å². The summed E-state index contributed by atoms with van der Waals surface area (Å²) in [5, 5.41) is 14.1. The molecule has 0 bridgehead atoms. The van der Waals surface area contributed by atoms with E-state index in [4.69, 9.17) is 0 Å². The molecular formula is C18H29FIN3OS. The lowest BCUT2D eigenvalue weighted by Crippen LogP contribution is -2.49. The van der Waals surface area contributed by atoms with Crippen molar-refractivity contribution in [1.82, 2.24) is 10.2 Å². The maximum atomic E-state index is 13.8. The fourth-order valence-electron chi connectivity index (χ4n) is 2.71. The Morgan fingerprint density at radius 3 is 2.80 bits per heavy atom. The van der Waals surface area contributed by atoms with Gasteiger partial charge in [-0.05, 0) is 18.9 Å². The number of hydrogen-bond donors (Lipinski definition) is 2. The van der Waals surface area contributed by atoms with Gasteiger partial charge in [0.2, 0.25) is 0 Å². The first-order chi connectivity index (χ1) is 11.5. The van der Waals surface area contributed by atoms with E-state index in [1.54, 1.807) is 18.2 Å². The third-order valence-corrected chi connectivity index (χ3v) is 5.69. The summed E-state index contributed by atoms with van der Waals surface area (Å²) in [7, 11) is 0. The third-order valence-electron chi connectivity index (χ3n) is 4.15. The molecule has 2 atom stereocenters. The van der Waals surface area contributed by atoms with Crippen LogP contribution >= 0.6 is 35.7 Å². The largest absolute Gasteiger partial charge is 0.386 e. The van der Waals surface area contributed by atoms with Crippen LogP contribution in [0.5, 0.6) is 0 Å². The van der Waals surface area contributed by atoms with Crippen LogP contribution in [-0.4, -0.2) is 53.1 Å². The Bertz CT molecular complexity index is 559. The van der Waals surface area contributed by atoms with Crippen LogP contribution in [0.2, 0.25) is 0 Å². The minimum absolute atomic E-state index is 0. The highest BCUT2D eigenvalue weighted by Crippen LogP contribution is 2.25. The van der Waals surface area contributed by atoms with Gasteiger partial charge in [0, 0.05) is 36.2 Å². The van der Waals surface area contributed by atoms with E-state index >= 15 is 0 Å². The van der Waals surface area contributed by atoms with Crippen molar-refractivity contribution in [2.45, 2.75) is 32.1 Å². The fourth-order valence-corrected chi connectivity index (χ4v) is 4.01. The minimum Gasteiger partial charge on any atom is -0.386 e. The average molecular weight is 481 g/mol. The molecule has 25 heavy (non-hydrogen) atoms. The van der Waals surface area contributed by atoms with Crippen LogP contribution < -0.4 is 5.32 Å². The number of rotatable bonds is 5. The predicted octanol–water partition coefficient (Wildman–Crippen LogP) is 3.52. The summed E-state index contributed by atoms with van der Waals surface area (Å²) < 4.78 is 13.8. The second-order valence-electron chi connectivity index (χ2n) is 6.33. The van der Waals surface area contributed by atoms with Crippen molar-refractivity contribution in [3.63, 3.8) is 0 Å². The molecule has 1 heterocycles. The molecule has 1 aromatic carbocycles. The van der Waals surface area contributed by atoms with Crippen LogP contribution in [0.15, 0.2) is 29.3 Å². The highest BCUT2D eigenvalue weighted by molar-refractivity contribution is 14.0. The molecule has 2 rings (SSSR count). The SMILES string of the molecule is CCNC(=NCC(O)c1ccccc1F)N1CCSC(C(C)C)C1.I. The van der Waals surface area contributed by atoms with Gasteiger partial charge in [0.25, 0.3) is 0 Å².